The quantitative estimate of drug-likeness (QED) is 0.498. The zero-order valence-corrected chi connectivity index (χ0v) is 16.4. The molecule has 0 spiro atoms. The Morgan fingerprint density at radius 1 is 1.27 bits per heavy atom. The Balaban J connectivity index is 1.93. The number of nitro benzene ring substituents is 1. The van der Waals surface area contributed by atoms with E-state index in [4.69, 9.17) is 0 Å². The molecule has 1 heterocycles. The van der Waals surface area contributed by atoms with Crippen molar-refractivity contribution in [2.24, 2.45) is 0 Å². The van der Waals surface area contributed by atoms with E-state index in [-0.39, 0.29) is 23.7 Å². The van der Waals surface area contributed by atoms with E-state index < -0.39 is 38.2 Å². The van der Waals surface area contributed by atoms with Crippen molar-refractivity contribution >= 4 is 27.1 Å². The summed E-state index contributed by atoms with van der Waals surface area (Å²) in [5.41, 5.74) is -0.480. The van der Waals surface area contributed by atoms with Crippen molar-refractivity contribution in [3.05, 3.63) is 52.6 Å². The van der Waals surface area contributed by atoms with E-state index >= 15 is 0 Å². The zero-order valence-electron chi connectivity index (χ0n) is 15.6. The average molecular weight is 443 g/mol. The number of rotatable bonds is 7. The molecular weight excluding hydrogens is 424 g/mol. The number of aliphatic hydroxyl groups excluding tert-OH is 1. The summed E-state index contributed by atoms with van der Waals surface area (Å²) in [6, 6.07) is 8.58. The third kappa shape index (κ3) is 4.94. The third-order valence-electron chi connectivity index (χ3n) is 4.54. The summed E-state index contributed by atoms with van der Waals surface area (Å²) in [4.78, 5) is 12.1. The highest BCUT2D eigenvalue weighted by atomic mass is 32.2. The highest BCUT2D eigenvalue weighted by Gasteiger charge is 2.27. The van der Waals surface area contributed by atoms with Crippen molar-refractivity contribution in [1.29, 1.82) is 0 Å². The van der Waals surface area contributed by atoms with Gasteiger partial charge in [0.2, 0.25) is 0 Å². The number of halogens is 2. The number of nitro groups is 1. The van der Waals surface area contributed by atoms with Crippen molar-refractivity contribution in [3.8, 4) is 5.75 Å². The Morgan fingerprint density at radius 2 is 2.00 bits per heavy atom. The molecule has 0 saturated carbocycles. The minimum Gasteiger partial charge on any atom is -0.433 e. The molecule has 0 aromatic heterocycles. The molecule has 1 fully saturated rings. The summed E-state index contributed by atoms with van der Waals surface area (Å²) in [5.74, 6) is -0.385. The Hall–Kier alpha value is -2.99. The minimum absolute atomic E-state index is 0.194. The Morgan fingerprint density at radius 3 is 2.67 bits per heavy atom. The van der Waals surface area contributed by atoms with Crippen LogP contribution in [-0.2, 0) is 10.0 Å². The fraction of sp³-hybridized carbons (Fsp3) is 0.333. The first-order valence-corrected chi connectivity index (χ1v) is 10.4. The van der Waals surface area contributed by atoms with Gasteiger partial charge in [-0.3, -0.25) is 14.8 Å². The van der Waals surface area contributed by atoms with Gasteiger partial charge in [0.1, 0.15) is 11.4 Å². The predicted molar refractivity (Wildman–Crippen MR) is 104 cm³/mol. The van der Waals surface area contributed by atoms with E-state index in [0.717, 1.165) is 12.1 Å². The van der Waals surface area contributed by atoms with Crippen LogP contribution in [0.15, 0.2) is 47.4 Å². The van der Waals surface area contributed by atoms with Gasteiger partial charge in [-0.25, -0.2) is 8.42 Å². The normalized spacial score (nSPS) is 17.1. The number of benzene rings is 2. The van der Waals surface area contributed by atoms with Crippen LogP contribution in [0.3, 0.4) is 0 Å². The molecule has 162 valence electrons. The highest BCUT2D eigenvalue weighted by Crippen LogP contribution is 2.34. The molecule has 1 aliphatic heterocycles. The van der Waals surface area contributed by atoms with Crippen LogP contribution in [0.25, 0.3) is 0 Å². The number of β-amino-alcohol motifs (C(OH)–C–C–N with tert-alkyl or cyclic N) is 1. The van der Waals surface area contributed by atoms with Crippen LogP contribution < -0.4 is 14.4 Å². The first-order chi connectivity index (χ1) is 14.2. The number of hydrogen-bond donors (Lipinski definition) is 2. The zero-order chi connectivity index (χ0) is 21.9. The van der Waals surface area contributed by atoms with Crippen LogP contribution >= 0.6 is 0 Å². The fourth-order valence-electron chi connectivity index (χ4n) is 3.21. The van der Waals surface area contributed by atoms with Gasteiger partial charge in [0.25, 0.3) is 15.7 Å². The van der Waals surface area contributed by atoms with Gasteiger partial charge < -0.3 is 14.7 Å². The summed E-state index contributed by atoms with van der Waals surface area (Å²) in [7, 11) is -4.33. The Labute approximate surface area is 171 Å². The van der Waals surface area contributed by atoms with Gasteiger partial charge in [-0.1, -0.05) is 12.1 Å². The van der Waals surface area contributed by atoms with E-state index in [1.165, 1.54) is 30.3 Å². The summed E-state index contributed by atoms with van der Waals surface area (Å²) >= 11 is 0. The van der Waals surface area contributed by atoms with Crippen LogP contribution in [0.2, 0.25) is 0 Å². The van der Waals surface area contributed by atoms with Crippen molar-refractivity contribution in [2.75, 3.05) is 22.7 Å². The maximum atomic E-state index is 12.7. The van der Waals surface area contributed by atoms with Crippen molar-refractivity contribution < 1.29 is 32.0 Å². The number of anilines is 2. The van der Waals surface area contributed by atoms with Gasteiger partial charge in [0.15, 0.2) is 0 Å². The smallest absolute Gasteiger partial charge is 0.387 e. The van der Waals surface area contributed by atoms with Gasteiger partial charge >= 0.3 is 6.61 Å². The van der Waals surface area contributed by atoms with E-state index in [1.807, 2.05) is 0 Å². The number of sulfonamides is 1. The first-order valence-electron chi connectivity index (χ1n) is 8.95. The lowest BCUT2D eigenvalue weighted by atomic mass is 10.1. The van der Waals surface area contributed by atoms with Gasteiger partial charge in [-0.05, 0) is 37.1 Å². The van der Waals surface area contributed by atoms with Crippen LogP contribution in [0.1, 0.15) is 12.8 Å². The van der Waals surface area contributed by atoms with Gasteiger partial charge in [0, 0.05) is 19.2 Å². The van der Waals surface area contributed by atoms with Crippen LogP contribution in [0.4, 0.5) is 25.8 Å². The second kappa shape index (κ2) is 8.79. The standard InChI is InChI=1S/C18H19F2N3O6S/c19-18(20)29-17-6-2-1-5-14(17)21-30(27,28)13-7-8-15(16(10-13)23(25)26)22-9-3-4-12(24)11-22/h1-2,5-8,10,12,18,21,24H,3-4,9,11H2. The molecule has 0 amide bonds. The molecule has 0 bridgehead atoms. The molecule has 1 unspecified atom stereocenters. The number of aliphatic hydroxyl groups is 1. The summed E-state index contributed by atoms with van der Waals surface area (Å²) < 4.78 is 57.0. The first kappa shape index (κ1) is 21.7. The minimum atomic E-state index is -4.33. The average Bonchev–Trinajstić information content (AvgIpc) is 2.68. The second-order valence-electron chi connectivity index (χ2n) is 6.63. The molecule has 2 N–H and O–H groups in total. The van der Waals surface area contributed by atoms with Crippen LogP contribution in [-0.4, -0.2) is 44.3 Å². The predicted octanol–water partition coefficient (Wildman–Crippen LogP) is 2.96. The molecule has 3 rings (SSSR count). The maximum absolute atomic E-state index is 12.7. The molecule has 1 aliphatic rings. The number of para-hydroxylation sites is 2. The molecule has 9 nitrogen and oxygen atoms in total. The molecule has 2 aromatic carbocycles. The largest absolute Gasteiger partial charge is 0.433 e. The van der Waals surface area contributed by atoms with Crippen LogP contribution in [0, 0.1) is 10.1 Å². The molecule has 0 aliphatic carbocycles. The van der Waals surface area contributed by atoms with Crippen molar-refractivity contribution in [3.63, 3.8) is 0 Å². The monoisotopic (exact) mass is 443 g/mol. The van der Waals surface area contributed by atoms with Crippen LogP contribution in [0.5, 0.6) is 5.75 Å². The van der Waals surface area contributed by atoms with Crippen molar-refractivity contribution in [2.45, 2.75) is 30.5 Å². The topological polar surface area (TPSA) is 122 Å². The fourth-order valence-corrected chi connectivity index (χ4v) is 4.30. The second-order valence-corrected chi connectivity index (χ2v) is 8.31. The summed E-state index contributed by atoms with van der Waals surface area (Å²) in [6.45, 7) is -2.47. The highest BCUT2D eigenvalue weighted by molar-refractivity contribution is 7.92. The lowest BCUT2D eigenvalue weighted by molar-refractivity contribution is -0.384. The number of hydrogen-bond acceptors (Lipinski definition) is 7. The van der Waals surface area contributed by atoms with Gasteiger partial charge in [-0.2, -0.15) is 8.78 Å². The van der Waals surface area contributed by atoms with E-state index in [1.54, 1.807) is 4.90 Å². The Bertz CT molecular complexity index is 1030. The summed E-state index contributed by atoms with van der Waals surface area (Å²) in [6.07, 6.45) is 0.594. The summed E-state index contributed by atoms with van der Waals surface area (Å²) in [5, 5.41) is 21.4. The molecule has 1 atom stereocenters. The number of piperidine rings is 1. The lowest BCUT2D eigenvalue weighted by Crippen LogP contribution is -2.38. The number of alkyl halides is 2. The molecular formula is C18H19F2N3O6S. The molecule has 0 radical (unpaired) electrons. The molecule has 1 saturated heterocycles. The Kier molecular flexibility index (Phi) is 6.37. The molecule has 2 aromatic rings. The SMILES string of the molecule is O=[N+]([O-])c1cc(S(=O)(=O)Nc2ccccc2OC(F)F)ccc1N1CCCC(O)C1. The molecule has 12 heteroatoms. The molecule has 30 heavy (non-hydrogen) atoms. The van der Waals surface area contributed by atoms with Gasteiger partial charge in [-0.15, -0.1) is 0 Å². The number of nitrogens with zero attached hydrogens (tertiary/aromatic N) is 2. The van der Waals surface area contributed by atoms with E-state index in [2.05, 4.69) is 9.46 Å². The third-order valence-corrected chi connectivity index (χ3v) is 5.90. The number of nitrogens with one attached hydrogen (secondary N) is 1. The van der Waals surface area contributed by atoms with Gasteiger partial charge in [0.05, 0.1) is 21.6 Å². The lowest BCUT2D eigenvalue weighted by Gasteiger charge is -2.31. The maximum Gasteiger partial charge on any atom is 0.387 e. The number of ether oxygens (including phenoxy) is 1. The van der Waals surface area contributed by atoms with E-state index in [0.29, 0.717) is 19.4 Å². The van der Waals surface area contributed by atoms with Crippen molar-refractivity contribution in [1.82, 2.24) is 0 Å². The van der Waals surface area contributed by atoms with E-state index in [9.17, 15) is 32.4 Å².